The Kier molecular flexibility index (Phi) is 3.94. The Hall–Kier alpha value is -1.88. The molecule has 0 aliphatic carbocycles. The number of hydrogen-bond donors (Lipinski definition) is 1. The van der Waals surface area contributed by atoms with Crippen molar-refractivity contribution in [1.82, 2.24) is 15.0 Å². The fraction of sp³-hybridized carbons (Fsp3) is 0.385. The number of methoxy groups -OCH3 is 1. The summed E-state index contributed by atoms with van der Waals surface area (Å²) < 4.78 is 6.84. The fourth-order valence-corrected chi connectivity index (χ4v) is 1.77. The molecule has 2 aromatic rings. The summed E-state index contributed by atoms with van der Waals surface area (Å²) in [7, 11) is 1.65. The maximum absolute atomic E-state index is 6.01. The first-order chi connectivity index (χ1) is 8.74. The minimum Gasteiger partial charge on any atom is -0.497 e. The minimum absolute atomic E-state index is 0.0398. The van der Waals surface area contributed by atoms with Gasteiger partial charge in [0.1, 0.15) is 5.75 Å². The Balaban J connectivity index is 2.18. The lowest BCUT2D eigenvalue weighted by molar-refractivity contribution is 0.414. The first kappa shape index (κ1) is 12.6. The van der Waals surface area contributed by atoms with Crippen LogP contribution in [0.15, 0.2) is 30.5 Å². The van der Waals surface area contributed by atoms with E-state index in [1.54, 1.807) is 11.8 Å². The van der Waals surface area contributed by atoms with Crippen LogP contribution in [0.25, 0.3) is 5.69 Å². The molecule has 0 fully saturated rings. The lowest BCUT2D eigenvalue weighted by atomic mass is 10.1. The second-order valence-corrected chi connectivity index (χ2v) is 4.18. The first-order valence-corrected chi connectivity index (χ1v) is 6.07. The van der Waals surface area contributed by atoms with Crippen molar-refractivity contribution in [3.05, 3.63) is 36.2 Å². The van der Waals surface area contributed by atoms with E-state index in [1.165, 1.54) is 0 Å². The standard InChI is InChI=1S/C13H18N4O/c1-3-4-12(14)13-9-17(16-15-13)10-5-7-11(18-2)8-6-10/h5-9,12H,3-4,14H2,1-2H3. The van der Waals surface area contributed by atoms with Crippen LogP contribution in [-0.2, 0) is 0 Å². The Morgan fingerprint density at radius 1 is 1.33 bits per heavy atom. The molecule has 5 nitrogen and oxygen atoms in total. The van der Waals surface area contributed by atoms with E-state index in [0.717, 1.165) is 30.0 Å². The van der Waals surface area contributed by atoms with Crippen LogP contribution in [0, 0.1) is 0 Å². The highest BCUT2D eigenvalue weighted by atomic mass is 16.5. The third kappa shape index (κ3) is 2.68. The van der Waals surface area contributed by atoms with Crippen LogP contribution in [-0.4, -0.2) is 22.1 Å². The molecule has 0 saturated carbocycles. The van der Waals surface area contributed by atoms with Crippen LogP contribution < -0.4 is 10.5 Å². The molecule has 0 aliphatic rings. The van der Waals surface area contributed by atoms with Crippen LogP contribution in [0.1, 0.15) is 31.5 Å². The zero-order valence-electron chi connectivity index (χ0n) is 10.7. The van der Waals surface area contributed by atoms with E-state index < -0.39 is 0 Å². The van der Waals surface area contributed by atoms with Crippen molar-refractivity contribution >= 4 is 0 Å². The summed E-state index contributed by atoms with van der Waals surface area (Å²) >= 11 is 0. The van der Waals surface area contributed by atoms with Gasteiger partial charge in [0.2, 0.25) is 0 Å². The summed E-state index contributed by atoms with van der Waals surface area (Å²) in [6.45, 7) is 2.10. The van der Waals surface area contributed by atoms with Gasteiger partial charge in [-0.25, -0.2) is 4.68 Å². The molecule has 18 heavy (non-hydrogen) atoms. The zero-order chi connectivity index (χ0) is 13.0. The van der Waals surface area contributed by atoms with Crippen molar-refractivity contribution in [1.29, 1.82) is 0 Å². The van der Waals surface area contributed by atoms with Crippen LogP contribution >= 0.6 is 0 Å². The van der Waals surface area contributed by atoms with Crippen LogP contribution in [0.5, 0.6) is 5.75 Å². The molecule has 2 rings (SSSR count). The monoisotopic (exact) mass is 246 g/mol. The predicted molar refractivity (Wildman–Crippen MR) is 69.7 cm³/mol. The van der Waals surface area contributed by atoms with Gasteiger partial charge in [0.05, 0.1) is 30.7 Å². The predicted octanol–water partition coefficient (Wildman–Crippen LogP) is 2.08. The Labute approximate surface area is 107 Å². The van der Waals surface area contributed by atoms with E-state index in [0.29, 0.717) is 0 Å². The SMILES string of the molecule is CCCC(N)c1cn(-c2ccc(OC)cc2)nn1. The number of rotatable bonds is 5. The van der Waals surface area contributed by atoms with E-state index in [4.69, 9.17) is 10.5 Å². The molecule has 2 N–H and O–H groups in total. The lowest BCUT2D eigenvalue weighted by Gasteiger charge is -2.04. The van der Waals surface area contributed by atoms with Gasteiger partial charge >= 0.3 is 0 Å². The average molecular weight is 246 g/mol. The molecule has 0 saturated heterocycles. The highest BCUT2D eigenvalue weighted by Crippen LogP contribution is 2.17. The summed E-state index contributed by atoms with van der Waals surface area (Å²) in [5.74, 6) is 0.821. The van der Waals surface area contributed by atoms with Crippen molar-refractivity contribution in [2.75, 3.05) is 7.11 Å². The summed E-state index contributed by atoms with van der Waals surface area (Å²) in [6, 6.07) is 7.61. The number of hydrogen-bond acceptors (Lipinski definition) is 4. The lowest BCUT2D eigenvalue weighted by Crippen LogP contribution is -2.09. The topological polar surface area (TPSA) is 66.0 Å². The van der Waals surface area contributed by atoms with E-state index in [1.807, 2.05) is 30.5 Å². The van der Waals surface area contributed by atoms with Crippen molar-refractivity contribution in [3.63, 3.8) is 0 Å². The molecule has 0 amide bonds. The maximum atomic E-state index is 6.01. The molecule has 1 aromatic carbocycles. The molecule has 1 unspecified atom stereocenters. The van der Waals surface area contributed by atoms with Gasteiger partial charge in [-0.3, -0.25) is 0 Å². The van der Waals surface area contributed by atoms with Gasteiger partial charge in [-0.1, -0.05) is 18.6 Å². The average Bonchev–Trinajstić information content (AvgIpc) is 2.89. The fourth-order valence-electron chi connectivity index (χ4n) is 1.77. The molecule has 0 radical (unpaired) electrons. The summed E-state index contributed by atoms with van der Waals surface area (Å²) in [4.78, 5) is 0. The second kappa shape index (κ2) is 5.64. The Morgan fingerprint density at radius 2 is 2.06 bits per heavy atom. The van der Waals surface area contributed by atoms with E-state index >= 15 is 0 Å². The van der Waals surface area contributed by atoms with Crippen LogP contribution in [0.4, 0.5) is 0 Å². The number of ether oxygens (including phenoxy) is 1. The molecule has 0 aliphatic heterocycles. The molecular weight excluding hydrogens is 228 g/mol. The van der Waals surface area contributed by atoms with Crippen LogP contribution in [0.2, 0.25) is 0 Å². The third-order valence-electron chi connectivity index (χ3n) is 2.83. The van der Waals surface area contributed by atoms with Gasteiger partial charge < -0.3 is 10.5 Å². The van der Waals surface area contributed by atoms with E-state index in [2.05, 4.69) is 17.2 Å². The number of aromatic nitrogens is 3. The minimum atomic E-state index is -0.0398. The molecular formula is C13H18N4O. The summed E-state index contributed by atoms with van der Waals surface area (Å²) in [5.41, 5.74) is 7.78. The van der Waals surface area contributed by atoms with Crippen molar-refractivity contribution < 1.29 is 4.74 Å². The molecule has 1 atom stereocenters. The summed E-state index contributed by atoms with van der Waals surface area (Å²) in [6.07, 6.45) is 3.83. The quantitative estimate of drug-likeness (QED) is 0.877. The van der Waals surface area contributed by atoms with Crippen molar-refractivity contribution in [2.24, 2.45) is 5.73 Å². The number of nitrogens with zero attached hydrogens (tertiary/aromatic N) is 3. The maximum Gasteiger partial charge on any atom is 0.119 e. The Bertz CT molecular complexity index is 492. The number of benzene rings is 1. The zero-order valence-corrected chi connectivity index (χ0v) is 10.7. The second-order valence-electron chi connectivity index (χ2n) is 4.18. The smallest absolute Gasteiger partial charge is 0.119 e. The normalized spacial score (nSPS) is 12.4. The molecule has 1 aromatic heterocycles. The van der Waals surface area contributed by atoms with Gasteiger partial charge in [0.25, 0.3) is 0 Å². The van der Waals surface area contributed by atoms with Gasteiger partial charge in [-0.15, -0.1) is 5.10 Å². The highest BCUT2D eigenvalue weighted by molar-refractivity contribution is 5.36. The van der Waals surface area contributed by atoms with Crippen molar-refractivity contribution in [2.45, 2.75) is 25.8 Å². The van der Waals surface area contributed by atoms with Crippen molar-refractivity contribution in [3.8, 4) is 11.4 Å². The number of nitrogens with two attached hydrogens (primary N) is 1. The first-order valence-electron chi connectivity index (χ1n) is 6.07. The summed E-state index contributed by atoms with van der Waals surface area (Å²) in [5, 5.41) is 8.20. The highest BCUT2D eigenvalue weighted by Gasteiger charge is 2.10. The van der Waals surface area contributed by atoms with E-state index in [9.17, 15) is 0 Å². The Morgan fingerprint density at radius 3 is 2.67 bits per heavy atom. The molecule has 0 spiro atoms. The van der Waals surface area contributed by atoms with Crippen LogP contribution in [0.3, 0.4) is 0 Å². The molecule has 1 heterocycles. The molecule has 96 valence electrons. The van der Waals surface area contributed by atoms with Gasteiger partial charge in [0, 0.05) is 0 Å². The van der Waals surface area contributed by atoms with Gasteiger partial charge in [0.15, 0.2) is 0 Å². The third-order valence-corrected chi connectivity index (χ3v) is 2.83. The molecule has 0 bridgehead atoms. The molecule has 5 heteroatoms. The van der Waals surface area contributed by atoms with Gasteiger partial charge in [-0.2, -0.15) is 0 Å². The largest absolute Gasteiger partial charge is 0.497 e. The van der Waals surface area contributed by atoms with Gasteiger partial charge in [-0.05, 0) is 30.7 Å². The van der Waals surface area contributed by atoms with E-state index in [-0.39, 0.29) is 6.04 Å².